The Bertz CT molecular complexity index is 1310. The Labute approximate surface area is 197 Å². The van der Waals surface area contributed by atoms with Crippen LogP contribution in [0.3, 0.4) is 0 Å². The molecule has 2 aromatic carbocycles. The van der Waals surface area contributed by atoms with E-state index in [0.717, 1.165) is 17.7 Å². The summed E-state index contributed by atoms with van der Waals surface area (Å²) < 4.78 is 59.0. The minimum absolute atomic E-state index is 0.0954. The minimum Gasteiger partial charge on any atom is -0.372 e. The summed E-state index contributed by atoms with van der Waals surface area (Å²) in [6.07, 6.45) is 2.07. The zero-order valence-electron chi connectivity index (χ0n) is 18.8. The van der Waals surface area contributed by atoms with Gasteiger partial charge < -0.3 is 14.6 Å². The van der Waals surface area contributed by atoms with Crippen LogP contribution in [-0.4, -0.2) is 26.8 Å². The third-order valence-electron chi connectivity index (χ3n) is 5.89. The van der Waals surface area contributed by atoms with Crippen LogP contribution in [0.25, 0.3) is 0 Å². The maximum Gasteiger partial charge on any atom is 0.272 e. The smallest absolute Gasteiger partial charge is 0.272 e. The fourth-order valence-corrected chi connectivity index (χ4v) is 5.80. The molecule has 2 unspecified atom stereocenters. The molecule has 0 radical (unpaired) electrons. The molecule has 4 rings (SSSR count). The predicted octanol–water partition coefficient (Wildman–Crippen LogP) is 4.39. The average molecular weight is 489 g/mol. The number of anilines is 1. The van der Waals surface area contributed by atoms with Gasteiger partial charge in [0.2, 0.25) is 0 Å². The summed E-state index contributed by atoms with van der Waals surface area (Å²) in [5.41, 5.74) is 1.82. The Kier molecular flexibility index (Phi) is 6.83. The van der Waals surface area contributed by atoms with Gasteiger partial charge in [-0.2, -0.15) is 0 Å². The highest BCUT2D eigenvalue weighted by Crippen LogP contribution is 2.29. The fourth-order valence-electron chi connectivity index (χ4n) is 4.08. The number of aromatic nitrogens is 1. The van der Waals surface area contributed by atoms with Crippen LogP contribution in [0, 0.1) is 16.4 Å². The van der Waals surface area contributed by atoms with Crippen LogP contribution in [0.4, 0.5) is 14.5 Å². The molecule has 3 aromatic rings. The SMILES string of the molecule is C[C@@H](OCc1ccccc1)C1CCc2c(cn(C)c2C(=O)Nc2ccc(F)c(F)c2)S(=N)(=O)N1. The summed E-state index contributed by atoms with van der Waals surface area (Å²) in [6, 6.07) is 12.4. The van der Waals surface area contributed by atoms with Crippen molar-refractivity contribution in [3.05, 3.63) is 83.2 Å². The summed E-state index contributed by atoms with van der Waals surface area (Å²) in [4.78, 5) is 13.3. The molecule has 0 aliphatic carbocycles. The van der Waals surface area contributed by atoms with Gasteiger partial charge in [0.05, 0.1) is 17.6 Å². The highest BCUT2D eigenvalue weighted by Gasteiger charge is 2.33. The zero-order valence-corrected chi connectivity index (χ0v) is 19.6. The first-order valence-electron chi connectivity index (χ1n) is 10.8. The van der Waals surface area contributed by atoms with E-state index in [1.807, 2.05) is 37.3 Å². The van der Waals surface area contributed by atoms with Crippen LogP contribution in [0.15, 0.2) is 59.6 Å². The van der Waals surface area contributed by atoms with E-state index in [1.165, 1.54) is 16.8 Å². The predicted molar refractivity (Wildman–Crippen MR) is 125 cm³/mol. The molecule has 3 N–H and O–H groups in total. The molecular weight excluding hydrogens is 462 g/mol. The number of rotatable bonds is 6. The van der Waals surface area contributed by atoms with Gasteiger partial charge in [-0.25, -0.2) is 22.5 Å². The number of carbonyl (C=O) groups excluding carboxylic acids is 1. The molecule has 0 saturated carbocycles. The molecule has 10 heteroatoms. The third kappa shape index (κ3) is 5.03. The number of fused-ring (bicyclic) bond motifs is 1. The van der Waals surface area contributed by atoms with Gasteiger partial charge >= 0.3 is 0 Å². The van der Waals surface area contributed by atoms with Crippen LogP contribution in [0.1, 0.15) is 35.0 Å². The summed E-state index contributed by atoms with van der Waals surface area (Å²) in [7, 11) is -1.80. The molecule has 2 heterocycles. The molecule has 34 heavy (non-hydrogen) atoms. The molecular formula is C24H26F2N4O3S. The Hall–Kier alpha value is -3.08. The van der Waals surface area contributed by atoms with E-state index >= 15 is 0 Å². The number of hydrogen-bond acceptors (Lipinski definition) is 4. The second-order valence-electron chi connectivity index (χ2n) is 8.34. The number of hydrogen-bond donors (Lipinski definition) is 3. The van der Waals surface area contributed by atoms with Gasteiger partial charge in [0.1, 0.15) is 15.6 Å². The third-order valence-corrected chi connectivity index (χ3v) is 7.50. The van der Waals surface area contributed by atoms with Crippen LogP contribution < -0.4 is 10.0 Å². The topological polar surface area (TPSA) is 96.2 Å². The lowest BCUT2D eigenvalue weighted by molar-refractivity contribution is 0.0308. The van der Waals surface area contributed by atoms with Gasteiger partial charge in [-0.1, -0.05) is 30.3 Å². The van der Waals surface area contributed by atoms with Crippen molar-refractivity contribution in [2.45, 2.75) is 43.4 Å². The van der Waals surface area contributed by atoms with Crippen molar-refractivity contribution < 1.29 is 22.5 Å². The molecule has 0 bridgehead atoms. The van der Waals surface area contributed by atoms with Gasteiger partial charge in [-0.05, 0) is 37.5 Å². The average Bonchev–Trinajstić information content (AvgIpc) is 3.09. The monoisotopic (exact) mass is 488 g/mol. The van der Waals surface area contributed by atoms with Crippen molar-refractivity contribution in [1.29, 1.82) is 4.78 Å². The molecule has 1 aliphatic rings. The maximum atomic E-state index is 13.6. The number of halogens is 2. The first-order valence-corrected chi connectivity index (χ1v) is 12.4. The second-order valence-corrected chi connectivity index (χ2v) is 10.1. The summed E-state index contributed by atoms with van der Waals surface area (Å²) in [5.74, 6) is -2.65. The lowest BCUT2D eigenvalue weighted by atomic mass is 10.0. The van der Waals surface area contributed by atoms with E-state index < -0.39 is 27.5 Å². The van der Waals surface area contributed by atoms with Crippen LogP contribution in [0.5, 0.6) is 0 Å². The van der Waals surface area contributed by atoms with Gasteiger partial charge in [0, 0.05) is 36.6 Å². The summed E-state index contributed by atoms with van der Waals surface area (Å²) in [5, 5.41) is 2.56. The first-order chi connectivity index (χ1) is 16.2. The van der Waals surface area contributed by atoms with E-state index in [9.17, 15) is 17.8 Å². The number of nitrogens with one attached hydrogen (secondary N) is 3. The Morgan fingerprint density at radius 1 is 1.26 bits per heavy atom. The van der Waals surface area contributed by atoms with Crippen molar-refractivity contribution in [1.82, 2.24) is 9.29 Å². The molecule has 180 valence electrons. The van der Waals surface area contributed by atoms with Crippen LogP contribution in [-0.2, 0) is 34.7 Å². The molecule has 1 amide bonds. The highest BCUT2D eigenvalue weighted by atomic mass is 32.2. The molecule has 3 atom stereocenters. The van der Waals surface area contributed by atoms with Gasteiger partial charge in [0.25, 0.3) is 5.91 Å². The van der Waals surface area contributed by atoms with Gasteiger partial charge in [-0.15, -0.1) is 0 Å². The molecule has 0 saturated heterocycles. The Morgan fingerprint density at radius 3 is 2.71 bits per heavy atom. The highest BCUT2D eigenvalue weighted by molar-refractivity contribution is 7.90. The number of carbonyl (C=O) groups is 1. The van der Waals surface area contributed by atoms with Crippen molar-refractivity contribution >= 4 is 21.5 Å². The molecule has 0 spiro atoms. The van der Waals surface area contributed by atoms with Gasteiger partial charge in [0.15, 0.2) is 11.6 Å². The number of aryl methyl sites for hydroxylation is 1. The standard InChI is InChI=1S/C24H26F2N4O3S/c1-15(33-14-16-6-4-3-5-7-16)21-11-9-18-22(34(27,32)29-21)13-30(2)23(18)24(31)28-17-8-10-19(25)20(26)12-17/h3-8,10,12-13,15,21H,9,11,14H2,1-2H3,(H,28,31)(H2,27,29,32)/t15-,21?,34?/m1/s1. The number of ether oxygens (including phenoxy) is 1. The Morgan fingerprint density at radius 2 is 2.00 bits per heavy atom. The van der Waals surface area contributed by atoms with E-state index in [0.29, 0.717) is 25.0 Å². The lowest BCUT2D eigenvalue weighted by Gasteiger charge is -2.24. The van der Waals surface area contributed by atoms with Gasteiger partial charge in [-0.3, -0.25) is 4.79 Å². The number of amides is 1. The minimum atomic E-state index is -3.42. The van der Waals surface area contributed by atoms with Crippen LogP contribution >= 0.6 is 0 Å². The van der Waals surface area contributed by atoms with Crippen LogP contribution in [0.2, 0.25) is 0 Å². The van der Waals surface area contributed by atoms with Crippen molar-refractivity contribution in [3.63, 3.8) is 0 Å². The molecule has 0 fully saturated rings. The normalized spacial score (nSPS) is 20.9. The molecule has 7 nitrogen and oxygen atoms in total. The lowest BCUT2D eigenvalue weighted by Crippen LogP contribution is -2.41. The zero-order chi connectivity index (χ0) is 24.5. The van der Waals surface area contributed by atoms with E-state index in [1.54, 1.807) is 7.05 Å². The van der Waals surface area contributed by atoms with E-state index in [4.69, 9.17) is 9.52 Å². The quantitative estimate of drug-likeness (QED) is 0.480. The molecule has 1 aliphatic heterocycles. The van der Waals surface area contributed by atoms with Crippen molar-refractivity contribution in [2.75, 3.05) is 5.32 Å². The maximum absolute atomic E-state index is 13.6. The van der Waals surface area contributed by atoms with Crippen molar-refractivity contribution in [2.24, 2.45) is 7.05 Å². The second kappa shape index (κ2) is 9.65. The number of nitrogens with zero attached hydrogens (tertiary/aromatic N) is 1. The largest absolute Gasteiger partial charge is 0.372 e. The van der Waals surface area contributed by atoms with E-state index in [2.05, 4.69) is 10.0 Å². The Balaban J connectivity index is 1.53. The first kappa shape index (κ1) is 24.1. The fraction of sp³-hybridized carbons (Fsp3) is 0.292. The van der Waals surface area contributed by atoms with E-state index in [-0.39, 0.29) is 28.4 Å². The van der Waals surface area contributed by atoms with Crippen molar-refractivity contribution in [3.8, 4) is 0 Å². The summed E-state index contributed by atoms with van der Waals surface area (Å²) in [6.45, 7) is 2.25. The number of benzene rings is 2. The molecule has 1 aromatic heterocycles. The summed E-state index contributed by atoms with van der Waals surface area (Å²) >= 11 is 0.